The smallest absolute Gasteiger partial charge is 0.408 e. The number of carbonyl (C=O) groups is 3. The molecule has 0 aliphatic carbocycles. The zero-order valence-corrected chi connectivity index (χ0v) is 17.1. The number of amides is 1. The monoisotopic (exact) mass is 443 g/mol. The number of aliphatic hydroxyl groups is 3. The Hall–Kier alpha value is -2.09. The molecular weight excluding hydrogens is 416 g/mol. The van der Waals surface area contributed by atoms with Crippen molar-refractivity contribution in [2.45, 2.75) is 75.8 Å². The average Bonchev–Trinajstić information content (AvgIpc) is 2.63. The van der Waals surface area contributed by atoms with Crippen LogP contribution in [0.3, 0.4) is 0 Å². The maximum atomic E-state index is 15.0. The van der Waals surface area contributed by atoms with Gasteiger partial charge in [0.05, 0.1) is 19.8 Å². The highest BCUT2D eigenvalue weighted by Gasteiger charge is 2.63. The fraction of sp³-hybridized carbons (Fsp3) is 0.824. The average molecular weight is 443 g/mol. The predicted molar refractivity (Wildman–Crippen MR) is 93.4 cm³/mol. The summed E-state index contributed by atoms with van der Waals surface area (Å²) >= 11 is 0. The largest absolute Gasteiger partial charge is 0.465 e. The maximum absolute atomic E-state index is 15.0. The van der Waals surface area contributed by atoms with Crippen molar-refractivity contribution in [1.29, 1.82) is 0 Å². The van der Waals surface area contributed by atoms with E-state index in [-0.39, 0.29) is 0 Å². The fourth-order valence-electron chi connectivity index (χ4n) is 2.77. The number of esters is 2. The molecule has 1 rings (SSSR count). The molecule has 1 aliphatic heterocycles. The van der Waals surface area contributed by atoms with E-state index in [2.05, 4.69) is 9.47 Å². The van der Waals surface area contributed by atoms with Crippen molar-refractivity contribution in [3.05, 3.63) is 0 Å². The van der Waals surface area contributed by atoms with E-state index < -0.39 is 72.7 Å². The van der Waals surface area contributed by atoms with E-state index in [1.54, 1.807) is 0 Å². The van der Waals surface area contributed by atoms with Crippen LogP contribution >= 0.6 is 0 Å². The van der Waals surface area contributed by atoms with E-state index in [0.717, 1.165) is 14.0 Å². The van der Waals surface area contributed by atoms with Crippen LogP contribution in [0.15, 0.2) is 0 Å². The van der Waals surface area contributed by atoms with Gasteiger partial charge in [-0.3, -0.25) is 4.79 Å². The first-order valence-electron chi connectivity index (χ1n) is 8.90. The number of carbonyl (C=O) groups excluding carboxylic acids is 3. The Morgan fingerprint density at radius 2 is 1.87 bits per heavy atom. The molecule has 2 unspecified atom stereocenters. The van der Waals surface area contributed by atoms with Gasteiger partial charge >= 0.3 is 23.9 Å². The summed E-state index contributed by atoms with van der Waals surface area (Å²) in [4.78, 5) is 35.0. The van der Waals surface area contributed by atoms with Gasteiger partial charge < -0.3 is 39.6 Å². The highest BCUT2D eigenvalue weighted by Crippen LogP contribution is 2.36. The first-order chi connectivity index (χ1) is 13.7. The molecule has 13 heteroatoms. The highest BCUT2D eigenvalue weighted by atomic mass is 19.2. The molecule has 1 aliphatic rings. The molecule has 0 aromatic heterocycles. The van der Waals surface area contributed by atoms with Gasteiger partial charge in [-0.2, -0.15) is 4.39 Å². The molecule has 1 amide bonds. The Labute approximate surface area is 171 Å². The van der Waals surface area contributed by atoms with E-state index in [9.17, 15) is 38.5 Å². The molecule has 4 N–H and O–H groups in total. The van der Waals surface area contributed by atoms with E-state index >= 15 is 0 Å². The second-order valence-corrected chi connectivity index (χ2v) is 7.60. The lowest BCUT2D eigenvalue weighted by Crippen LogP contribution is -2.71. The zero-order valence-electron chi connectivity index (χ0n) is 17.1. The van der Waals surface area contributed by atoms with Gasteiger partial charge in [-0.15, -0.1) is 0 Å². The van der Waals surface area contributed by atoms with Crippen molar-refractivity contribution < 1.29 is 57.4 Å². The first-order valence-corrected chi connectivity index (χ1v) is 8.90. The quantitative estimate of drug-likeness (QED) is 0.299. The van der Waals surface area contributed by atoms with Crippen LogP contribution in [0.4, 0.5) is 13.6 Å². The molecule has 1 heterocycles. The minimum Gasteiger partial charge on any atom is -0.465 e. The molecule has 0 aromatic rings. The number of rotatable bonds is 6. The van der Waals surface area contributed by atoms with E-state index in [1.807, 2.05) is 5.32 Å². The molecule has 30 heavy (non-hydrogen) atoms. The fourth-order valence-corrected chi connectivity index (χ4v) is 2.77. The number of aliphatic hydroxyl groups excluding tert-OH is 3. The lowest BCUT2D eigenvalue weighted by Gasteiger charge is -2.45. The minimum atomic E-state index is -3.86. The van der Waals surface area contributed by atoms with Crippen molar-refractivity contribution in [3.8, 4) is 0 Å². The van der Waals surface area contributed by atoms with Gasteiger partial charge in [-0.1, -0.05) is 0 Å². The van der Waals surface area contributed by atoms with Gasteiger partial charge in [-0.25, -0.2) is 14.0 Å². The maximum Gasteiger partial charge on any atom is 0.408 e. The van der Waals surface area contributed by atoms with Crippen LogP contribution < -0.4 is 5.32 Å². The summed E-state index contributed by atoms with van der Waals surface area (Å²) in [6.45, 7) is 4.51. The molecule has 7 atom stereocenters. The van der Waals surface area contributed by atoms with Crippen LogP contribution in [0.25, 0.3) is 0 Å². The normalized spacial score (nSPS) is 31.3. The first kappa shape index (κ1) is 25.9. The van der Waals surface area contributed by atoms with Gasteiger partial charge in [0.15, 0.2) is 12.3 Å². The highest BCUT2D eigenvalue weighted by molar-refractivity contribution is 5.79. The standard InChI is InChI=1S/C17H27F2NO10/c1-7(22)28-8(6-21)10(23)12-9(20-15(26)30-16(2,3)4)11(24)13(18)17(19,29-12)14(25)27-5/h8-13,21,23-24H,6H2,1-5H3,(H,20,26)/t8-,9-,10-,11?,12?,13+,17-/m1/s1. The third kappa shape index (κ3) is 5.97. The van der Waals surface area contributed by atoms with Gasteiger partial charge in [0.1, 0.15) is 23.9 Å². The summed E-state index contributed by atoms with van der Waals surface area (Å²) in [5, 5.41) is 32.2. The molecule has 11 nitrogen and oxygen atoms in total. The SMILES string of the molecule is COC(=O)[C@]1(F)OC([C@H](O)[C@@H](CO)OC(C)=O)[C@H](NC(=O)OC(C)(C)C)C(O)[C@@H]1F. The molecule has 174 valence electrons. The Morgan fingerprint density at radius 1 is 1.30 bits per heavy atom. The summed E-state index contributed by atoms with van der Waals surface area (Å²) in [6, 6.07) is -1.87. The Kier molecular flexibility index (Phi) is 8.49. The number of alkyl halides is 2. The summed E-state index contributed by atoms with van der Waals surface area (Å²) in [6.07, 6.45) is -12.5. The lowest BCUT2D eigenvalue weighted by molar-refractivity contribution is -0.294. The number of ether oxygens (including phenoxy) is 4. The molecule has 0 spiro atoms. The van der Waals surface area contributed by atoms with Crippen LogP contribution in [0.1, 0.15) is 27.7 Å². The van der Waals surface area contributed by atoms with E-state index in [1.165, 1.54) is 20.8 Å². The van der Waals surface area contributed by atoms with E-state index in [0.29, 0.717) is 0 Å². The van der Waals surface area contributed by atoms with Crippen molar-refractivity contribution in [3.63, 3.8) is 0 Å². The van der Waals surface area contributed by atoms with Gasteiger partial charge in [0, 0.05) is 6.92 Å². The van der Waals surface area contributed by atoms with Crippen molar-refractivity contribution in [2.75, 3.05) is 13.7 Å². The molecule has 1 fully saturated rings. The number of hydrogen-bond acceptors (Lipinski definition) is 10. The number of nitrogens with one attached hydrogen (secondary N) is 1. The number of hydrogen-bond donors (Lipinski definition) is 4. The summed E-state index contributed by atoms with van der Waals surface area (Å²) in [5.74, 6) is -6.65. The van der Waals surface area contributed by atoms with E-state index in [4.69, 9.17) is 9.47 Å². The minimum absolute atomic E-state index is 0.734. The third-order valence-electron chi connectivity index (χ3n) is 4.05. The Morgan fingerprint density at radius 3 is 2.30 bits per heavy atom. The molecule has 0 aromatic carbocycles. The van der Waals surface area contributed by atoms with Crippen LogP contribution in [0.5, 0.6) is 0 Å². The molecule has 0 radical (unpaired) electrons. The lowest BCUT2D eigenvalue weighted by atomic mass is 9.88. The third-order valence-corrected chi connectivity index (χ3v) is 4.05. The van der Waals surface area contributed by atoms with Gasteiger partial charge in [-0.05, 0) is 20.8 Å². The van der Waals surface area contributed by atoms with Crippen LogP contribution in [-0.4, -0.2) is 95.2 Å². The molecule has 1 saturated heterocycles. The van der Waals surface area contributed by atoms with Crippen LogP contribution in [0.2, 0.25) is 0 Å². The topological polar surface area (TPSA) is 161 Å². The zero-order chi connectivity index (χ0) is 23.4. The van der Waals surface area contributed by atoms with Crippen LogP contribution in [0, 0.1) is 0 Å². The van der Waals surface area contributed by atoms with Crippen molar-refractivity contribution in [2.24, 2.45) is 0 Å². The Balaban J connectivity index is 3.31. The van der Waals surface area contributed by atoms with Crippen molar-refractivity contribution in [1.82, 2.24) is 5.32 Å². The van der Waals surface area contributed by atoms with Gasteiger partial charge in [0.2, 0.25) is 0 Å². The number of methoxy groups -OCH3 is 1. The second-order valence-electron chi connectivity index (χ2n) is 7.60. The van der Waals surface area contributed by atoms with Gasteiger partial charge in [0.25, 0.3) is 0 Å². The van der Waals surface area contributed by atoms with Crippen LogP contribution in [-0.2, 0) is 28.5 Å². The predicted octanol–water partition coefficient (Wildman–Crippen LogP) is -0.899. The molecule has 0 saturated carbocycles. The van der Waals surface area contributed by atoms with Crippen molar-refractivity contribution >= 4 is 18.0 Å². The summed E-state index contributed by atoms with van der Waals surface area (Å²) in [7, 11) is 0.734. The summed E-state index contributed by atoms with van der Waals surface area (Å²) in [5.41, 5.74) is -1.00. The summed E-state index contributed by atoms with van der Waals surface area (Å²) < 4.78 is 48.2. The number of halogens is 2. The Bertz CT molecular complexity index is 643. The second kappa shape index (κ2) is 9.81. The molecule has 0 bridgehead atoms. The molecular formula is C17H27F2NO10. The number of alkyl carbamates (subject to hydrolysis) is 1.